The predicted octanol–water partition coefficient (Wildman–Crippen LogP) is 2.83. The summed E-state index contributed by atoms with van der Waals surface area (Å²) in [4.78, 5) is 12.5. The lowest BCUT2D eigenvalue weighted by Crippen LogP contribution is -2.28. The average Bonchev–Trinajstić information content (AvgIpc) is 3.38. The van der Waals surface area contributed by atoms with Gasteiger partial charge in [0.2, 0.25) is 0 Å². The number of phenolic OH excluding ortho intramolecular Hbond substituents is 1. The second kappa shape index (κ2) is 6.63. The van der Waals surface area contributed by atoms with Crippen molar-refractivity contribution in [2.75, 3.05) is 6.54 Å². The van der Waals surface area contributed by atoms with Crippen LogP contribution >= 0.6 is 12.2 Å². The van der Waals surface area contributed by atoms with Crippen LogP contribution in [0.25, 0.3) is 0 Å². The SMILES string of the molecule is O=C(NCCn1c(C2CC2)n[nH]c1=S)c1cc2c(cc1O)CCCC2. The largest absolute Gasteiger partial charge is 0.507 e. The fourth-order valence-electron chi connectivity index (χ4n) is 3.53. The number of phenols is 1. The van der Waals surface area contributed by atoms with Gasteiger partial charge < -0.3 is 15.0 Å². The molecule has 1 amide bonds. The highest BCUT2D eigenvalue weighted by molar-refractivity contribution is 7.71. The first kappa shape index (κ1) is 16.3. The lowest BCUT2D eigenvalue weighted by atomic mass is 9.90. The Labute approximate surface area is 151 Å². The number of rotatable bonds is 5. The number of fused-ring (bicyclic) bond motifs is 1. The number of aromatic hydroxyl groups is 1. The first-order valence-electron chi connectivity index (χ1n) is 8.91. The molecule has 0 radical (unpaired) electrons. The molecule has 0 spiro atoms. The van der Waals surface area contributed by atoms with Crippen molar-refractivity contribution >= 4 is 18.1 Å². The van der Waals surface area contributed by atoms with E-state index in [4.69, 9.17) is 12.2 Å². The lowest BCUT2D eigenvalue weighted by Gasteiger charge is -2.17. The highest BCUT2D eigenvalue weighted by Crippen LogP contribution is 2.38. The minimum atomic E-state index is -0.242. The standard InChI is InChI=1S/C18H22N4O2S/c23-15-10-13-4-2-1-3-12(13)9-14(15)17(24)19-7-8-22-16(11-5-6-11)20-21-18(22)25/h9-11,23H,1-8H2,(H,19,24)(H,21,25). The first-order valence-corrected chi connectivity index (χ1v) is 9.32. The van der Waals surface area contributed by atoms with Crippen LogP contribution < -0.4 is 5.32 Å². The Bertz CT molecular complexity index is 866. The van der Waals surface area contributed by atoms with E-state index < -0.39 is 0 Å². The van der Waals surface area contributed by atoms with Gasteiger partial charge in [-0.2, -0.15) is 5.10 Å². The molecule has 132 valence electrons. The third kappa shape index (κ3) is 3.33. The molecule has 0 saturated heterocycles. The third-order valence-electron chi connectivity index (χ3n) is 5.06. The molecule has 0 unspecified atom stereocenters. The molecule has 6 nitrogen and oxygen atoms in total. The van der Waals surface area contributed by atoms with Crippen molar-refractivity contribution in [1.82, 2.24) is 20.1 Å². The van der Waals surface area contributed by atoms with E-state index in [0.29, 0.717) is 29.3 Å². The Morgan fingerprint density at radius 1 is 1.32 bits per heavy atom. The van der Waals surface area contributed by atoms with Gasteiger partial charge >= 0.3 is 0 Å². The van der Waals surface area contributed by atoms with E-state index in [1.165, 1.54) is 11.1 Å². The molecule has 3 N–H and O–H groups in total. The summed E-state index contributed by atoms with van der Waals surface area (Å²) < 4.78 is 2.55. The molecule has 2 aliphatic rings. The van der Waals surface area contributed by atoms with Crippen LogP contribution in [0, 0.1) is 4.77 Å². The van der Waals surface area contributed by atoms with Crippen LogP contribution in [-0.2, 0) is 19.4 Å². The second-order valence-electron chi connectivity index (χ2n) is 6.91. The van der Waals surface area contributed by atoms with Crippen molar-refractivity contribution in [3.63, 3.8) is 0 Å². The van der Waals surface area contributed by atoms with Gasteiger partial charge in [-0.05, 0) is 74.0 Å². The summed E-state index contributed by atoms with van der Waals surface area (Å²) in [6.07, 6.45) is 6.54. The highest BCUT2D eigenvalue weighted by atomic mass is 32.1. The molecular weight excluding hydrogens is 336 g/mol. The van der Waals surface area contributed by atoms with Gasteiger partial charge in [0.1, 0.15) is 11.6 Å². The maximum atomic E-state index is 12.5. The summed E-state index contributed by atoms with van der Waals surface area (Å²) in [5.74, 6) is 1.30. The summed E-state index contributed by atoms with van der Waals surface area (Å²) in [7, 11) is 0. The number of aryl methyl sites for hydroxylation is 2. The summed E-state index contributed by atoms with van der Waals surface area (Å²) >= 11 is 5.27. The number of hydrogen-bond donors (Lipinski definition) is 3. The zero-order valence-electron chi connectivity index (χ0n) is 14.0. The van der Waals surface area contributed by atoms with Crippen LogP contribution in [-0.4, -0.2) is 32.3 Å². The van der Waals surface area contributed by atoms with E-state index in [0.717, 1.165) is 44.3 Å². The van der Waals surface area contributed by atoms with Gasteiger partial charge in [-0.1, -0.05) is 0 Å². The predicted molar refractivity (Wildman–Crippen MR) is 96.5 cm³/mol. The molecule has 1 fully saturated rings. The van der Waals surface area contributed by atoms with Crippen molar-refractivity contribution in [3.8, 4) is 5.75 Å². The Balaban J connectivity index is 1.43. The Kier molecular flexibility index (Phi) is 4.33. The third-order valence-corrected chi connectivity index (χ3v) is 5.37. The number of aromatic amines is 1. The van der Waals surface area contributed by atoms with Gasteiger partial charge in [0.15, 0.2) is 4.77 Å². The van der Waals surface area contributed by atoms with Gasteiger partial charge in [0.25, 0.3) is 5.91 Å². The molecule has 2 aliphatic carbocycles. The monoisotopic (exact) mass is 358 g/mol. The molecule has 2 aromatic rings. The minimum Gasteiger partial charge on any atom is -0.507 e. The van der Waals surface area contributed by atoms with Gasteiger partial charge in [0.05, 0.1) is 5.56 Å². The summed E-state index contributed by atoms with van der Waals surface area (Å²) in [5.41, 5.74) is 2.71. The van der Waals surface area contributed by atoms with Crippen molar-refractivity contribution in [3.05, 3.63) is 39.4 Å². The number of nitrogens with one attached hydrogen (secondary N) is 2. The molecule has 7 heteroatoms. The molecule has 25 heavy (non-hydrogen) atoms. The minimum absolute atomic E-state index is 0.0664. The van der Waals surface area contributed by atoms with E-state index in [1.807, 2.05) is 10.6 Å². The number of nitrogens with zero attached hydrogens (tertiary/aromatic N) is 2. The molecule has 4 rings (SSSR count). The van der Waals surface area contributed by atoms with Crippen molar-refractivity contribution < 1.29 is 9.90 Å². The second-order valence-corrected chi connectivity index (χ2v) is 7.30. The summed E-state index contributed by atoms with van der Waals surface area (Å²) in [5, 5.41) is 20.2. The number of carbonyl (C=O) groups excluding carboxylic acids is 1. The topological polar surface area (TPSA) is 82.9 Å². The van der Waals surface area contributed by atoms with Gasteiger partial charge in [-0.3, -0.25) is 9.89 Å². The number of aromatic nitrogens is 3. The molecule has 1 aromatic heterocycles. The Morgan fingerprint density at radius 2 is 2.04 bits per heavy atom. The molecular formula is C18H22N4O2S. The van der Waals surface area contributed by atoms with Gasteiger partial charge in [-0.25, -0.2) is 0 Å². The van der Waals surface area contributed by atoms with Crippen LogP contribution in [0.15, 0.2) is 12.1 Å². The van der Waals surface area contributed by atoms with Crippen LogP contribution in [0.4, 0.5) is 0 Å². The lowest BCUT2D eigenvalue weighted by molar-refractivity contribution is 0.0949. The number of carbonyl (C=O) groups is 1. The van der Waals surface area contributed by atoms with E-state index in [9.17, 15) is 9.90 Å². The maximum absolute atomic E-state index is 12.5. The van der Waals surface area contributed by atoms with E-state index in [-0.39, 0.29) is 11.7 Å². The molecule has 1 aromatic carbocycles. The zero-order chi connectivity index (χ0) is 17.4. The van der Waals surface area contributed by atoms with E-state index in [1.54, 1.807) is 6.07 Å². The Morgan fingerprint density at radius 3 is 2.76 bits per heavy atom. The zero-order valence-corrected chi connectivity index (χ0v) is 14.9. The number of H-pyrrole nitrogens is 1. The van der Waals surface area contributed by atoms with Gasteiger partial charge in [-0.15, -0.1) is 0 Å². The molecule has 0 aliphatic heterocycles. The van der Waals surface area contributed by atoms with E-state index in [2.05, 4.69) is 15.5 Å². The number of hydrogen-bond acceptors (Lipinski definition) is 4. The molecule has 1 heterocycles. The smallest absolute Gasteiger partial charge is 0.255 e. The summed E-state index contributed by atoms with van der Waals surface area (Å²) in [6, 6.07) is 3.60. The van der Waals surface area contributed by atoms with Crippen molar-refractivity contribution in [1.29, 1.82) is 0 Å². The van der Waals surface area contributed by atoms with Crippen molar-refractivity contribution in [2.24, 2.45) is 0 Å². The van der Waals surface area contributed by atoms with Crippen LogP contribution in [0.1, 0.15) is 58.9 Å². The van der Waals surface area contributed by atoms with E-state index >= 15 is 0 Å². The summed E-state index contributed by atoms with van der Waals surface area (Å²) in [6.45, 7) is 1.03. The van der Waals surface area contributed by atoms with Crippen LogP contribution in [0.2, 0.25) is 0 Å². The first-order chi connectivity index (χ1) is 12.1. The maximum Gasteiger partial charge on any atom is 0.255 e. The number of amides is 1. The van der Waals surface area contributed by atoms with Crippen LogP contribution in [0.3, 0.4) is 0 Å². The number of benzene rings is 1. The molecule has 0 atom stereocenters. The molecule has 0 bridgehead atoms. The van der Waals surface area contributed by atoms with Crippen LogP contribution in [0.5, 0.6) is 5.75 Å². The quantitative estimate of drug-likeness (QED) is 0.718. The van der Waals surface area contributed by atoms with Gasteiger partial charge in [0, 0.05) is 19.0 Å². The fourth-order valence-corrected chi connectivity index (χ4v) is 3.76. The molecule has 1 saturated carbocycles. The van der Waals surface area contributed by atoms with Crippen molar-refractivity contribution in [2.45, 2.75) is 51.0 Å². The highest BCUT2D eigenvalue weighted by Gasteiger charge is 2.29. The fraction of sp³-hybridized carbons (Fsp3) is 0.500. The Hall–Kier alpha value is -2.15. The average molecular weight is 358 g/mol. The normalized spacial score (nSPS) is 16.5.